The van der Waals surface area contributed by atoms with Crippen molar-refractivity contribution in [1.82, 2.24) is 4.90 Å². The molecule has 15 heavy (non-hydrogen) atoms. The Morgan fingerprint density at radius 3 is 2.60 bits per heavy atom. The lowest BCUT2D eigenvalue weighted by molar-refractivity contribution is 0.417. The molecule has 0 radical (unpaired) electrons. The van der Waals surface area contributed by atoms with Gasteiger partial charge in [0, 0.05) is 6.54 Å². The van der Waals surface area contributed by atoms with E-state index in [0.29, 0.717) is 0 Å². The maximum Gasteiger partial charge on any atom is 0.000992 e. The summed E-state index contributed by atoms with van der Waals surface area (Å²) >= 11 is 0. The van der Waals surface area contributed by atoms with Gasteiger partial charge >= 0.3 is 0 Å². The Morgan fingerprint density at radius 1 is 1.20 bits per heavy atom. The lowest BCUT2D eigenvalue weighted by Crippen LogP contribution is -2.11. The maximum absolute atomic E-state index is 2.25. The van der Waals surface area contributed by atoms with E-state index in [9.17, 15) is 0 Å². The van der Waals surface area contributed by atoms with Crippen molar-refractivity contribution in [2.45, 2.75) is 20.3 Å². The Hall–Kier alpha value is -1.08. The van der Waals surface area contributed by atoms with Crippen LogP contribution in [0.2, 0.25) is 0 Å². The summed E-state index contributed by atoms with van der Waals surface area (Å²) in [7, 11) is 4.21. The Balaban J connectivity index is 2.59. The van der Waals surface area contributed by atoms with Gasteiger partial charge in [0.2, 0.25) is 0 Å². The normalized spacial score (nSPS) is 11.5. The molecule has 0 aliphatic carbocycles. The SMILES string of the molecule is Cc1ccc(C)c(/C=C/CCN(C)C)c1. The molecule has 0 saturated carbocycles. The molecule has 0 atom stereocenters. The Kier molecular flexibility index (Phi) is 4.57. The molecule has 1 rings (SSSR count). The lowest BCUT2D eigenvalue weighted by Gasteiger charge is -2.06. The van der Waals surface area contributed by atoms with Crippen LogP contribution in [0.1, 0.15) is 23.1 Å². The highest BCUT2D eigenvalue weighted by Crippen LogP contribution is 2.12. The summed E-state index contributed by atoms with van der Waals surface area (Å²) in [6.45, 7) is 5.41. The minimum absolute atomic E-state index is 1.11. The average Bonchev–Trinajstić information content (AvgIpc) is 2.17. The van der Waals surface area contributed by atoms with E-state index < -0.39 is 0 Å². The first-order valence-electron chi connectivity index (χ1n) is 5.48. The molecule has 0 amide bonds. The van der Waals surface area contributed by atoms with Gasteiger partial charge in [0.25, 0.3) is 0 Å². The van der Waals surface area contributed by atoms with Crippen molar-refractivity contribution in [3.63, 3.8) is 0 Å². The van der Waals surface area contributed by atoms with Crippen LogP contribution in [0.25, 0.3) is 6.08 Å². The number of aryl methyl sites for hydroxylation is 2. The molecular formula is C14H21N. The lowest BCUT2D eigenvalue weighted by atomic mass is 10.1. The molecule has 0 N–H and O–H groups in total. The van der Waals surface area contributed by atoms with E-state index in [1.165, 1.54) is 16.7 Å². The Labute approximate surface area is 93.4 Å². The fourth-order valence-electron chi connectivity index (χ4n) is 1.48. The predicted molar refractivity (Wildman–Crippen MR) is 68.1 cm³/mol. The van der Waals surface area contributed by atoms with Gasteiger partial charge in [-0.1, -0.05) is 35.9 Å². The summed E-state index contributed by atoms with van der Waals surface area (Å²) in [5, 5.41) is 0. The number of hydrogen-bond donors (Lipinski definition) is 0. The van der Waals surface area contributed by atoms with Crippen LogP contribution >= 0.6 is 0 Å². The molecular weight excluding hydrogens is 182 g/mol. The molecule has 1 aromatic carbocycles. The number of nitrogens with zero attached hydrogens (tertiary/aromatic N) is 1. The third-order valence-electron chi connectivity index (χ3n) is 2.48. The van der Waals surface area contributed by atoms with E-state index in [4.69, 9.17) is 0 Å². The fraction of sp³-hybridized carbons (Fsp3) is 0.429. The number of rotatable bonds is 4. The Morgan fingerprint density at radius 2 is 1.93 bits per heavy atom. The van der Waals surface area contributed by atoms with Crippen LogP contribution in [-0.2, 0) is 0 Å². The number of hydrogen-bond acceptors (Lipinski definition) is 1. The summed E-state index contributed by atoms with van der Waals surface area (Å²) in [4.78, 5) is 2.20. The van der Waals surface area contributed by atoms with Gasteiger partial charge in [0.15, 0.2) is 0 Å². The van der Waals surface area contributed by atoms with E-state index >= 15 is 0 Å². The fourth-order valence-corrected chi connectivity index (χ4v) is 1.48. The van der Waals surface area contributed by atoms with Gasteiger partial charge in [-0.15, -0.1) is 0 Å². The zero-order valence-electron chi connectivity index (χ0n) is 10.2. The van der Waals surface area contributed by atoms with Gasteiger partial charge in [-0.3, -0.25) is 0 Å². The molecule has 0 heterocycles. The predicted octanol–water partition coefficient (Wildman–Crippen LogP) is 3.27. The van der Waals surface area contributed by atoms with Crippen LogP contribution in [0.5, 0.6) is 0 Å². The van der Waals surface area contributed by atoms with Crippen molar-refractivity contribution in [3.8, 4) is 0 Å². The van der Waals surface area contributed by atoms with Crippen molar-refractivity contribution in [2.75, 3.05) is 20.6 Å². The third kappa shape index (κ3) is 4.30. The first kappa shape index (κ1) is 12.0. The van der Waals surface area contributed by atoms with Crippen molar-refractivity contribution in [1.29, 1.82) is 0 Å². The number of benzene rings is 1. The van der Waals surface area contributed by atoms with Gasteiger partial charge in [-0.2, -0.15) is 0 Å². The van der Waals surface area contributed by atoms with Crippen LogP contribution in [0, 0.1) is 13.8 Å². The Bertz CT molecular complexity index is 337. The van der Waals surface area contributed by atoms with E-state index in [1.54, 1.807) is 0 Å². The molecule has 82 valence electrons. The minimum atomic E-state index is 1.11. The van der Waals surface area contributed by atoms with E-state index in [1.807, 2.05) is 0 Å². The first-order valence-corrected chi connectivity index (χ1v) is 5.48. The molecule has 1 heteroatoms. The highest BCUT2D eigenvalue weighted by Gasteiger charge is 1.93. The highest BCUT2D eigenvalue weighted by atomic mass is 15.0. The second-order valence-electron chi connectivity index (χ2n) is 4.35. The summed E-state index contributed by atoms with van der Waals surface area (Å²) < 4.78 is 0. The quantitative estimate of drug-likeness (QED) is 0.726. The summed E-state index contributed by atoms with van der Waals surface area (Å²) in [6, 6.07) is 6.58. The van der Waals surface area contributed by atoms with Crippen molar-refractivity contribution < 1.29 is 0 Å². The molecule has 0 aromatic heterocycles. The molecule has 0 spiro atoms. The van der Waals surface area contributed by atoms with E-state index in [2.05, 4.69) is 63.2 Å². The molecule has 0 aliphatic heterocycles. The monoisotopic (exact) mass is 203 g/mol. The maximum atomic E-state index is 2.25. The molecule has 0 bridgehead atoms. The van der Waals surface area contributed by atoms with Gasteiger partial charge in [0.05, 0.1) is 0 Å². The molecule has 0 unspecified atom stereocenters. The zero-order valence-corrected chi connectivity index (χ0v) is 10.2. The standard InChI is InChI=1S/C14H21N/c1-12-8-9-13(2)14(11-12)7-5-6-10-15(3)4/h5,7-9,11H,6,10H2,1-4H3/b7-5+. The van der Waals surface area contributed by atoms with Crippen LogP contribution in [0.15, 0.2) is 24.3 Å². The molecule has 1 nitrogen and oxygen atoms in total. The topological polar surface area (TPSA) is 3.24 Å². The smallest absolute Gasteiger partial charge is 0.000992 e. The summed E-state index contributed by atoms with van der Waals surface area (Å²) in [6.07, 6.45) is 5.59. The summed E-state index contributed by atoms with van der Waals surface area (Å²) in [5.41, 5.74) is 4.02. The van der Waals surface area contributed by atoms with Gasteiger partial charge in [0.1, 0.15) is 0 Å². The largest absolute Gasteiger partial charge is 0.309 e. The second-order valence-corrected chi connectivity index (χ2v) is 4.35. The van der Waals surface area contributed by atoms with Crippen LogP contribution in [0.3, 0.4) is 0 Å². The van der Waals surface area contributed by atoms with E-state index in [-0.39, 0.29) is 0 Å². The first-order chi connectivity index (χ1) is 7.09. The molecule has 0 saturated heterocycles. The molecule has 0 aliphatic rings. The zero-order chi connectivity index (χ0) is 11.3. The van der Waals surface area contributed by atoms with Crippen molar-refractivity contribution in [2.24, 2.45) is 0 Å². The van der Waals surface area contributed by atoms with E-state index in [0.717, 1.165) is 13.0 Å². The summed E-state index contributed by atoms with van der Waals surface area (Å²) in [5.74, 6) is 0. The van der Waals surface area contributed by atoms with Crippen molar-refractivity contribution in [3.05, 3.63) is 41.0 Å². The van der Waals surface area contributed by atoms with Crippen LogP contribution < -0.4 is 0 Å². The highest BCUT2D eigenvalue weighted by molar-refractivity contribution is 5.54. The average molecular weight is 203 g/mol. The van der Waals surface area contributed by atoms with Crippen LogP contribution in [0.4, 0.5) is 0 Å². The second kappa shape index (κ2) is 5.72. The minimum Gasteiger partial charge on any atom is -0.309 e. The third-order valence-corrected chi connectivity index (χ3v) is 2.48. The van der Waals surface area contributed by atoms with Gasteiger partial charge in [-0.05, 0) is 45.5 Å². The molecule has 1 aromatic rings. The van der Waals surface area contributed by atoms with Crippen LogP contribution in [-0.4, -0.2) is 25.5 Å². The van der Waals surface area contributed by atoms with Gasteiger partial charge < -0.3 is 4.90 Å². The van der Waals surface area contributed by atoms with Crippen molar-refractivity contribution >= 4 is 6.08 Å². The van der Waals surface area contributed by atoms with Gasteiger partial charge in [-0.25, -0.2) is 0 Å². The molecule has 0 fully saturated rings.